The molecule has 6 nitrogen and oxygen atoms in total. The molecule has 2 aliphatic rings. The second-order valence-electron chi connectivity index (χ2n) is 6.05. The van der Waals surface area contributed by atoms with Crippen molar-refractivity contribution in [3.63, 3.8) is 0 Å². The Hall–Kier alpha value is -1.85. The molecule has 3 rings (SSSR count). The van der Waals surface area contributed by atoms with Gasteiger partial charge in [0, 0.05) is 18.5 Å². The van der Waals surface area contributed by atoms with Crippen molar-refractivity contribution in [2.75, 3.05) is 6.54 Å². The number of urea groups is 1. The molecule has 3 heterocycles. The Balaban J connectivity index is 1.92. The first-order valence-electron chi connectivity index (χ1n) is 8.18. The lowest BCUT2D eigenvalue weighted by Gasteiger charge is -2.26. The van der Waals surface area contributed by atoms with Crippen LogP contribution in [0.3, 0.4) is 0 Å². The molecule has 2 aliphatic heterocycles. The predicted octanol–water partition coefficient (Wildman–Crippen LogP) is 2.51. The number of fused-ring (bicyclic) bond motifs is 1. The SMILES string of the molecule is CCc1noc(CC)c1CN1C(=O)N2CCC[C@]2(CC)C1=O. The van der Waals surface area contributed by atoms with Crippen LogP contribution in [0.4, 0.5) is 4.79 Å². The summed E-state index contributed by atoms with van der Waals surface area (Å²) in [6.45, 7) is 6.94. The van der Waals surface area contributed by atoms with E-state index in [9.17, 15) is 9.59 Å². The number of imide groups is 1. The molecule has 0 bridgehead atoms. The Kier molecular flexibility index (Phi) is 3.70. The lowest BCUT2D eigenvalue weighted by atomic mass is 9.93. The van der Waals surface area contributed by atoms with E-state index in [1.807, 2.05) is 20.8 Å². The van der Waals surface area contributed by atoms with Crippen molar-refractivity contribution in [1.82, 2.24) is 15.0 Å². The van der Waals surface area contributed by atoms with Gasteiger partial charge in [0.2, 0.25) is 0 Å². The minimum Gasteiger partial charge on any atom is -0.361 e. The third-order valence-electron chi connectivity index (χ3n) is 5.10. The van der Waals surface area contributed by atoms with Crippen LogP contribution in [0.2, 0.25) is 0 Å². The van der Waals surface area contributed by atoms with Crippen molar-refractivity contribution < 1.29 is 14.1 Å². The highest BCUT2D eigenvalue weighted by atomic mass is 16.5. The first-order valence-corrected chi connectivity index (χ1v) is 8.18. The zero-order chi connectivity index (χ0) is 15.9. The lowest BCUT2D eigenvalue weighted by Crippen LogP contribution is -2.44. The monoisotopic (exact) mass is 305 g/mol. The number of nitrogens with zero attached hydrogens (tertiary/aromatic N) is 3. The smallest absolute Gasteiger partial charge is 0.327 e. The lowest BCUT2D eigenvalue weighted by molar-refractivity contribution is -0.133. The molecule has 2 saturated heterocycles. The van der Waals surface area contributed by atoms with E-state index in [0.717, 1.165) is 36.3 Å². The van der Waals surface area contributed by atoms with E-state index in [2.05, 4.69) is 5.16 Å². The Morgan fingerprint density at radius 1 is 1.23 bits per heavy atom. The Labute approximate surface area is 130 Å². The molecule has 0 radical (unpaired) electrons. The fourth-order valence-electron chi connectivity index (χ4n) is 3.80. The van der Waals surface area contributed by atoms with E-state index in [0.29, 0.717) is 19.4 Å². The van der Waals surface area contributed by atoms with Crippen LogP contribution in [0.15, 0.2) is 4.52 Å². The summed E-state index contributed by atoms with van der Waals surface area (Å²) >= 11 is 0. The van der Waals surface area contributed by atoms with Crippen LogP contribution in [0.25, 0.3) is 0 Å². The molecule has 120 valence electrons. The van der Waals surface area contributed by atoms with Crippen LogP contribution in [-0.4, -0.2) is 39.0 Å². The number of aromatic nitrogens is 1. The molecule has 0 aliphatic carbocycles. The minimum atomic E-state index is -0.604. The molecular weight excluding hydrogens is 282 g/mol. The second kappa shape index (κ2) is 5.41. The fourth-order valence-corrected chi connectivity index (χ4v) is 3.80. The highest BCUT2D eigenvalue weighted by molar-refractivity contribution is 6.07. The summed E-state index contributed by atoms with van der Waals surface area (Å²) in [6.07, 6.45) is 3.81. The van der Waals surface area contributed by atoms with Crippen molar-refractivity contribution in [3.05, 3.63) is 17.0 Å². The normalized spacial score (nSPS) is 24.5. The van der Waals surface area contributed by atoms with E-state index >= 15 is 0 Å². The van der Waals surface area contributed by atoms with Crippen LogP contribution >= 0.6 is 0 Å². The molecule has 1 aromatic heterocycles. The summed E-state index contributed by atoms with van der Waals surface area (Å²) in [5, 5.41) is 4.07. The van der Waals surface area contributed by atoms with Gasteiger partial charge in [0.15, 0.2) is 0 Å². The van der Waals surface area contributed by atoms with Crippen LogP contribution in [-0.2, 0) is 24.2 Å². The molecule has 6 heteroatoms. The van der Waals surface area contributed by atoms with E-state index in [4.69, 9.17) is 4.52 Å². The molecule has 0 aromatic carbocycles. The summed E-state index contributed by atoms with van der Waals surface area (Å²) in [5.74, 6) is 0.720. The molecule has 0 N–H and O–H groups in total. The fraction of sp³-hybridized carbons (Fsp3) is 0.688. The van der Waals surface area contributed by atoms with Gasteiger partial charge in [-0.2, -0.15) is 0 Å². The van der Waals surface area contributed by atoms with Gasteiger partial charge in [-0.15, -0.1) is 0 Å². The molecule has 0 saturated carbocycles. The van der Waals surface area contributed by atoms with Gasteiger partial charge in [-0.05, 0) is 25.7 Å². The summed E-state index contributed by atoms with van der Waals surface area (Å²) in [5.41, 5.74) is 1.14. The van der Waals surface area contributed by atoms with Crippen molar-refractivity contribution >= 4 is 11.9 Å². The molecule has 2 fully saturated rings. The van der Waals surface area contributed by atoms with Crippen molar-refractivity contribution in [1.29, 1.82) is 0 Å². The van der Waals surface area contributed by atoms with Crippen molar-refractivity contribution in [2.45, 2.75) is 65.0 Å². The Morgan fingerprint density at radius 2 is 2.00 bits per heavy atom. The maximum atomic E-state index is 12.9. The number of aryl methyl sites for hydroxylation is 2. The number of amides is 3. The maximum absolute atomic E-state index is 12.9. The highest BCUT2D eigenvalue weighted by Gasteiger charge is 2.58. The van der Waals surface area contributed by atoms with Gasteiger partial charge in [0.1, 0.15) is 11.3 Å². The van der Waals surface area contributed by atoms with Gasteiger partial charge in [0.25, 0.3) is 5.91 Å². The summed E-state index contributed by atoms with van der Waals surface area (Å²) in [6, 6.07) is -0.158. The Morgan fingerprint density at radius 3 is 2.59 bits per heavy atom. The molecular formula is C16H23N3O3. The number of carbonyl (C=O) groups is 2. The van der Waals surface area contributed by atoms with Crippen LogP contribution < -0.4 is 0 Å². The van der Waals surface area contributed by atoms with Gasteiger partial charge < -0.3 is 9.42 Å². The predicted molar refractivity (Wildman–Crippen MR) is 80.2 cm³/mol. The highest BCUT2D eigenvalue weighted by Crippen LogP contribution is 2.40. The van der Waals surface area contributed by atoms with Gasteiger partial charge in [-0.1, -0.05) is 25.9 Å². The zero-order valence-corrected chi connectivity index (χ0v) is 13.5. The van der Waals surface area contributed by atoms with Gasteiger partial charge in [-0.3, -0.25) is 9.69 Å². The number of rotatable bonds is 5. The first kappa shape index (κ1) is 15.1. The van der Waals surface area contributed by atoms with E-state index in [1.165, 1.54) is 4.90 Å². The molecule has 0 spiro atoms. The largest absolute Gasteiger partial charge is 0.361 e. The summed E-state index contributed by atoms with van der Waals surface area (Å²) in [4.78, 5) is 28.7. The molecule has 1 aromatic rings. The zero-order valence-electron chi connectivity index (χ0n) is 13.5. The van der Waals surface area contributed by atoms with Crippen LogP contribution in [0.1, 0.15) is 57.1 Å². The quantitative estimate of drug-likeness (QED) is 0.784. The third-order valence-corrected chi connectivity index (χ3v) is 5.10. The molecule has 22 heavy (non-hydrogen) atoms. The molecule has 0 unspecified atom stereocenters. The average Bonchev–Trinajstić information content (AvgIpc) is 3.18. The van der Waals surface area contributed by atoms with Gasteiger partial charge in [-0.25, -0.2) is 4.79 Å². The van der Waals surface area contributed by atoms with E-state index in [1.54, 1.807) is 4.90 Å². The minimum absolute atomic E-state index is 0.0530. The van der Waals surface area contributed by atoms with Crippen molar-refractivity contribution in [3.8, 4) is 0 Å². The summed E-state index contributed by atoms with van der Waals surface area (Å²) in [7, 11) is 0. The standard InChI is InChI=1S/C16H23N3O3/c1-4-12-11(13(5-2)22-17-12)10-18-14(20)16(6-3)8-7-9-19(16)15(18)21/h4-10H2,1-3H3/t16-/m1/s1. The topological polar surface area (TPSA) is 66.7 Å². The van der Waals surface area contributed by atoms with Crippen LogP contribution in [0.5, 0.6) is 0 Å². The molecule has 3 amide bonds. The van der Waals surface area contributed by atoms with E-state index in [-0.39, 0.29) is 18.5 Å². The van der Waals surface area contributed by atoms with Gasteiger partial charge >= 0.3 is 6.03 Å². The number of hydrogen-bond acceptors (Lipinski definition) is 4. The second-order valence-corrected chi connectivity index (χ2v) is 6.05. The van der Waals surface area contributed by atoms with Crippen molar-refractivity contribution in [2.24, 2.45) is 0 Å². The van der Waals surface area contributed by atoms with E-state index < -0.39 is 5.54 Å². The maximum Gasteiger partial charge on any atom is 0.327 e. The Bertz CT molecular complexity index is 588. The number of hydrogen-bond donors (Lipinski definition) is 0. The third kappa shape index (κ3) is 1.89. The summed E-state index contributed by atoms with van der Waals surface area (Å²) < 4.78 is 5.35. The number of carbonyl (C=O) groups excluding carboxylic acids is 2. The first-order chi connectivity index (χ1) is 10.6. The average molecular weight is 305 g/mol. The van der Waals surface area contributed by atoms with Gasteiger partial charge in [0.05, 0.1) is 12.2 Å². The molecule has 1 atom stereocenters. The van der Waals surface area contributed by atoms with Crippen LogP contribution in [0, 0.1) is 0 Å².